The average Bonchev–Trinajstić information content (AvgIpc) is 3.15. The fourth-order valence-electron chi connectivity index (χ4n) is 3.56. The number of halogens is 1. The molecule has 5 nitrogen and oxygen atoms in total. The lowest BCUT2D eigenvalue weighted by Gasteiger charge is -2.31. The molecule has 1 atom stereocenters. The lowest BCUT2D eigenvalue weighted by molar-refractivity contribution is -0.132. The first kappa shape index (κ1) is 16.4. The third-order valence-corrected chi connectivity index (χ3v) is 5.93. The van der Waals surface area contributed by atoms with Crippen LogP contribution < -0.4 is 10.1 Å². The van der Waals surface area contributed by atoms with Crippen molar-refractivity contribution < 1.29 is 14.3 Å². The van der Waals surface area contributed by atoms with Crippen molar-refractivity contribution in [2.75, 3.05) is 13.2 Å². The van der Waals surface area contributed by atoms with Crippen LogP contribution in [0, 0.1) is 0 Å². The minimum atomic E-state index is -0.888. The Labute approximate surface area is 154 Å². The number of fused-ring (bicyclic) bond motifs is 2. The van der Waals surface area contributed by atoms with Gasteiger partial charge in [0.05, 0.1) is 6.54 Å². The van der Waals surface area contributed by atoms with E-state index in [1.165, 1.54) is 9.78 Å². The monoisotopic (exact) mass is 376 g/mol. The number of imide groups is 1. The Morgan fingerprint density at radius 1 is 1.32 bits per heavy atom. The van der Waals surface area contributed by atoms with Gasteiger partial charge in [0.25, 0.3) is 5.91 Å². The quantitative estimate of drug-likeness (QED) is 0.830. The van der Waals surface area contributed by atoms with Gasteiger partial charge in [-0.05, 0) is 48.9 Å². The molecule has 1 aromatic heterocycles. The van der Waals surface area contributed by atoms with Gasteiger partial charge in [-0.2, -0.15) is 0 Å². The van der Waals surface area contributed by atoms with Crippen LogP contribution in [0.2, 0.25) is 5.02 Å². The van der Waals surface area contributed by atoms with Crippen LogP contribution in [0.4, 0.5) is 4.79 Å². The second-order valence-electron chi connectivity index (χ2n) is 6.21. The van der Waals surface area contributed by atoms with Crippen LogP contribution in [0.3, 0.4) is 0 Å². The van der Waals surface area contributed by atoms with E-state index in [1.54, 1.807) is 35.6 Å². The van der Waals surface area contributed by atoms with Crippen LogP contribution in [0.5, 0.6) is 5.75 Å². The number of rotatable bonds is 4. The first-order valence-electron chi connectivity index (χ1n) is 8.19. The zero-order chi connectivity index (χ0) is 17.4. The van der Waals surface area contributed by atoms with Gasteiger partial charge >= 0.3 is 6.03 Å². The molecule has 2 aromatic rings. The maximum absolute atomic E-state index is 13.0. The van der Waals surface area contributed by atoms with Crippen molar-refractivity contribution in [1.29, 1.82) is 0 Å². The van der Waals surface area contributed by atoms with E-state index in [9.17, 15) is 9.59 Å². The van der Waals surface area contributed by atoms with E-state index in [0.717, 1.165) is 18.4 Å². The molecule has 1 fully saturated rings. The highest BCUT2D eigenvalue weighted by atomic mass is 35.5. The lowest BCUT2D eigenvalue weighted by Crippen LogP contribution is -2.46. The van der Waals surface area contributed by atoms with Crippen LogP contribution in [-0.2, 0) is 16.8 Å². The number of nitrogens with zero attached hydrogens (tertiary/aromatic N) is 1. The highest BCUT2D eigenvalue weighted by Crippen LogP contribution is 2.42. The van der Waals surface area contributed by atoms with Crippen molar-refractivity contribution in [3.8, 4) is 5.75 Å². The molecule has 7 heteroatoms. The predicted molar refractivity (Wildman–Crippen MR) is 96.1 cm³/mol. The summed E-state index contributed by atoms with van der Waals surface area (Å²) in [6.45, 7) is 0.435. The third kappa shape index (κ3) is 2.79. The van der Waals surface area contributed by atoms with Crippen molar-refractivity contribution in [2.24, 2.45) is 0 Å². The summed E-state index contributed by atoms with van der Waals surface area (Å²) in [6.07, 6.45) is 2.51. The van der Waals surface area contributed by atoms with Crippen molar-refractivity contribution in [3.05, 3.63) is 51.2 Å². The first-order valence-corrected chi connectivity index (χ1v) is 9.45. The van der Waals surface area contributed by atoms with Crippen LogP contribution in [0.1, 0.15) is 23.3 Å². The molecule has 4 rings (SSSR count). The molecular formula is C18H17ClN2O3S. The SMILES string of the molecule is O=C1NC2(CCCc3sccc32)C(=O)N1CCOc1cccc(Cl)c1. The summed E-state index contributed by atoms with van der Waals surface area (Å²) in [5, 5.41) is 5.51. The van der Waals surface area contributed by atoms with Crippen LogP contribution in [0.15, 0.2) is 35.7 Å². The van der Waals surface area contributed by atoms with Crippen molar-refractivity contribution >= 4 is 34.9 Å². The largest absolute Gasteiger partial charge is 0.492 e. The highest BCUT2D eigenvalue weighted by Gasteiger charge is 2.54. The van der Waals surface area contributed by atoms with E-state index in [1.807, 2.05) is 11.4 Å². The van der Waals surface area contributed by atoms with Gasteiger partial charge in [0.1, 0.15) is 17.9 Å². The summed E-state index contributed by atoms with van der Waals surface area (Å²) in [4.78, 5) is 27.9. The number of hydrogen-bond donors (Lipinski definition) is 1. The molecule has 2 heterocycles. The van der Waals surface area contributed by atoms with Crippen molar-refractivity contribution in [3.63, 3.8) is 0 Å². The van der Waals surface area contributed by atoms with Gasteiger partial charge < -0.3 is 10.1 Å². The number of nitrogens with one attached hydrogen (secondary N) is 1. The fourth-order valence-corrected chi connectivity index (χ4v) is 4.74. The van der Waals surface area contributed by atoms with Gasteiger partial charge in [-0.1, -0.05) is 17.7 Å². The summed E-state index contributed by atoms with van der Waals surface area (Å²) in [5.41, 5.74) is 0.0705. The van der Waals surface area contributed by atoms with E-state index < -0.39 is 5.54 Å². The Hall–Kier alpha value is -2.05. The van der Waals surface area contributed by atoms with Crippen molar-refractivity contribution in [2.45, 2.75) is 24.8 Å². The number of carbonyl (C=O) groups excluding carboxylic acids is 2. The third-order valence-electron chi connectivity index (χ3n) is 4.72. The second-order valence-corrected chi connectivity index (χ2v) is 7.65. The van der Waals surface area contributed by atoms with Gasteiger partial charge in [0.15, 0.2) is 0 Å². The number of amides is 3. The molecule has 130 valence electrons. The van der Waals surface area contributed by atoms with Gasteiger partial charge in [-0.15, -0.1) is 11.3 Å². The summed E-state index contributed by atoms with van der Waals surface area (Å²) < 4.78 is 5.62. The predicted octanol–water partition coefficient (Wildman–Crippen LogP) is 3.56. The maximum atomic E-state index is 13.0. The summed E-state index contributed by atoms with van der Waals surface area (Å²) in [6, 6.07) is 8.66. The molecule has 1 unspecified atom stereocenters. The normalized spacial score (nSPS) is 22.2. The molecule has 1 spiro atoms. The first-order chi connectivity index (χ1) is 12.1. The van der Waals surface area contributed by atoms with Crippen LogP contribution in [0.25, 0.3) is 0 Å². The Balaban J connectivity index is 1.48. The molecule has 1 aromatic carbocycles. The molecular weight excluding hydrogens is 360 g/mol. The number of aryl methyl sites for hydroxylation is 1. The van der Waals surface area contributed by atoms with Crippen LogP contribution in [-0.4, -0.2) is 30.0 Å². The minimum Gasteiger partial charge on any atom is -0.492 e. The smallest absolute Gasteiger partial charge is 0.325 e. The molecule has 0 radical (unpaired) electrons. The van der Waals surface area contributed by atoms with Crippen molar-refractivity contribution in [1.82, 2.24) is 10.2 Å². The van der Waals surface area contributed by atoms with E-state index in [4.69, 9.17) is 16.3 Å². The molecule has 0 saturated carbocycles. The summed E-state index contributed by atoms with van der Waals surface area (Å²) >= 11 is 7.57. The Bertz CT molecular complexity index is 837. The zero-order valence-corrected chi connectivity index (χ0v) is 15.0. The zero-order valence-electron chi connectivity index (χ0n) is 13.5. The van der Waals surface area contributed by atoms with E-state index >= 15 is 0 Å². The van der Waals surface area contributed by atoms with E-state index in [2.05, 4.69) is 5.32 Å². The standard InChI is InChI=1S/C18H17ClN2O3S/c19-12-3-1-4-13(11-12)24-9-8-21-16(22)18(20-17(21)23)7-2-5-15-14(18)6-10-25-15/h1,3-4,6,10-11H,2,5,7-9H2,(H,20,23). The molecule has 1 aliphatic heterocycles. The van der Waals surface area contributed by atoms with Crippen LogP contribution >= 0.6 is 22.9 Å². The Morgan fingerprint density at radius 3 is 3.04 bits per heavy atom. The molecule has 0 bridgehead atoms. The number of ether oxygens (including phenoxy) is 1. The average molecular weight is 377 g/mol. The number of thiophene rings is 1. The Kier molecular flexibility index (Phi) is 4.17. The number of urea groups is 1. The molecule has 2 aliphatic rings. The highest BCUT2D eigenvalue weighted by molar-refractivity contribution is 7.10. The molecule has 3 amide bonds. The second kappa shape index (κ2) is 6.35. The molecule has 25 heavy (non-hydrogen) atoms. The Morgan fingerprint density at radius 2 is 2.20 bits per heavy atom. The maximum Gasteiger partial charge on any atom is 0.325 e. The van der Waals surface area contributed by atoms with E-state index in [-0.39, 0.29) is 25.1 Å². The summed E-state index contributed by atoms with van der Waals surface area (Å²) in [5.74, 6) is 0.443. The number of carbonyl (C=O) groups is 2. The van der Waals surface area contributed by atoms with Gasteiger partial charge in [0.2, 0.25) is 0 Å². The molecule has 1 N–H and O–H groups in total. The topological polar surface area (TPSA) is 58.6 Å². The summed E-state index contributed by atoms with van der Waals surface area (Å²) in [7, 11) is 0. The van der Waals surface area contributed by atoms with Gasteiger partial charge in [-0.25, -0.2) is 4.79 Å². The fraction of sp³-hybridized carbons (Fsp3) is 0.333. The van der Waals surface area contributed by atoms with Gasteiger partial charge in [0, 0.05) is 15.5 Å². The molecule has 1 saturated heterocycles. The number of benzene rings is 1. The molecule has 1 aliphatic carbocycles. The van der Waals surface area contributed by atoms with E-state index in [0.29, 0.717) is 17.2 Å². The lowest BCUT2D eigenvalue weighted by atomic mass is 9.80. The van der Waals surface area contributed by atoms with Gasteiger partial charge in [-0.3, -0.25) is 9.69 Å². The number of hydrogen-bond acceptors (Lipinski definition) is 4. The minimum absolute atomic E-state index is 0.174.